The summed E-state index contributed by atoms with van der Waals surface area (Å²) in [7, 11) is 0. The Labute approximate surface area is 138 Å². The highest BCUT2D eigenvalue weighted by Crippen LogP contribution is 2.28. The van der Waals surface area contributed by atoms with Crippen LogP contribution in [0.15, 0.2) is 50.4 Å². The highest BCUT2D eigenvalue weighted by atomic mass is 79.9. The highest BCUT2D eigenvalue weighted by Gasteiger charge is 2.12. The van der Waals surface area contributed by atoms with Gasteiger partial charge in [-0.2, -0.15) is 4.98 Å². The maximum absolute atomic E-state index is 10.5. The van der Waals surface area contributed by atoms with Crippen LogP contribution < -0.4 is 0 Å². The monoisotopic (exact) mass is 379 g/mol. The Kier molecular flexibility index (Phi) is 4.30. The van der Waals surface area contributed by atoms with Gasteiger partial charge in [0.05, 0.1) is 5.75 Å². The maximum Gasteiger partial charge on any atom is 0.313 e. The molecule has 3 aromatic rings. The molecule has 0 atom stereocenters. The number of carboxylic acid groups (broad SMARTS) is 1. The third-order valence-corrected chi connectivity index (χ3v) is 4.12. The number of carbonyl (C=O) groups is 1. The van der Waals surface area contributed by atoms with Crippen molar-refractivity contribution < 1.29 is 14.3 Å². The average Bonchev–Trinajstić information content (AvgIpc) is 3.15. The van der Waals surface area contributed by atoms with E-state index in [9.17, 15) is 4.79 Å². The molecule has 3 rings (SSSR count). The van der Waals surface area contributed by atoms with Crippen molar-refractivity contribution in [2.45, 2.75) is 5.16 Å². The van der Waals surface area contributed by atoms with Gasteiger partial charge in [0, 0.05) is 10.0 Å². The van der Waals surface area contributed by atoms with Gasteiger partial charge in [0.15, 0.2) is 11.6 Å². The van der Waals surface area contributed by atoms with E-state index < -0.39 is 5.97 Å². The third kappa shape index (κ3) is 3.40. The number of aromatic nitrogens is 3. The normalized spacial score (nSPS) is 10.8. The van der Waals surface area contributed by atoms with E-state index in [1.165, 1.54) is 0 Å². The largest absolute Gasteiger partial charge is 0.481 e. The smallest absolute Gasteiger partial charge is 0.313 e. The lowest BCUT2D eigenvalue weighted by molar-refractivity contribution is -0.133. The van der Waals surface area contributed by atoms with E-state index in [4.69, 9.17) is 9.52 Å². The van der Waals surface area contributed by atoms with Gasteiger partial charge in [0.25, 0.3) is 0 Å². The average molecular weight is 380 g/mol. The van der Waals surface area contributed by atoms with E-state index in [-0.39, 0.29) is 5.75 Å². The number of nitrogens with one attached hydrogen (secondary N) is 1. The van der Waals surface area contributed by atoms with Gasteiger partial charge in [-0.15, -0.1) is 5.10 Å². The summed E-state index contributed by atoms with van der Waals surface area (Å²) in [5.41, 5.74) is 0.953. The number of aliphatic carboxylic acids is 1. The molecule has 22 heavy (non-hydrogen) atoms. The van der Waals surface area contributed by atoms with E-state index in [0.717, 1.165) is 27.6 Å². The quantitative estimate of drug-likeness (QED) is 0.657. The van der Waals surface area contributed by atoms with Gasteiger partial charge < -0.3 is 9.52 Å². The number of H-pyrrole nitrogens is 1. The molecule has 0 unspecified atom stereocenters. The first-order valence-electron chi connectivity index (χ1n) is 6.25. The summed E-state index contributed by atoms with van der Waals surface area (Å²) in [6.45, 7) is 0. The number of furan rings is 1. The van der Waals surface area contributed by atoms with Crippen molar-refractivity contribution in [1.82, 2.24) is 15.2 Å². The van der Waals surface area contributed by atoms with Crippen molar-refractivity contribution in [2.75, 3.05) is 5.75 Å². The molecule has 2 aromatic heterocycles. The molecule has 112 valence electrons. The summed E-state index contributed by atoms with van der Waals surface area (Å²) in [5.74, 6) is 0.744. The van der Waals surface area contributed by atoms with Crippen molar-refractivity contribution in [2.24, 2.45) is 0 Å². The number of thioether (sulfide) groups is 1. The highest BCUT2D eigenvalue weighted by molar-refractivity contribution is 9.10. The van der Waals surface area contributed by atoms with Gasteiger partial charge in [0.2, 0.25) is 5.16 Å². The number of benzene rings is 1. The number of carboxylic acids is 1. The molecule has 8 heteroatoms. The molecule has 1 aromatic carbocycles. The standard InChI is InChI=1S/C14H10BrN3O3S/c15-9-3-1-8(2-4-9)10-5-6-11(21-10)13-16-14(18-17-13)22-7-12(19)20/h1-6H,7H2,(H,19,20)(H,16,17,18). The Balaban J connectivity index is 1.79. The molecule has 0 spiro atoms. The molecule has 0 bridgehead atoms. The number of hydrogen-bond donors (Lipinski definition) is 2. The van der Waals surface area contributed by atoms with E-state index in [1.807, 2.05) is 30.3 Å². The topological polar surface area (TPSA) is 92.0 Å². The molecule has 0 aliphatic rings. The number of nitrogens with zero attached hydrogens (tertiary/aromatic N) is 2. The summed E-state index contributed by atoms with van der Waals surface area (Å²) < 4.78 is 6.76. The molecule has 0 aliphatic carbocycles. The lowest BCUT2D eigenvalue weighted by atomic mass is 10.2. The van der Waals surface area contributed by atoms with Crippen LogP contribution in [0.3, 0.4) is 0 Å². The van der Waals surface area contributed by atoms with Crippen LogP contribution in [-0.2, 0) is 4.79 Å². The van der Waals surface area contributed by atoms with Gasteiger partial charge in [-0.05, 0) is 24.3 Å². The molecule has 0 radical (unpaired) electrons. The lowest BCUT2D eigenvalue weighted by Gasteiger charge is -1.96. The summed E-state index contributed by atoms with van der Waals surface area (Å²) in [5, 5.41) is 15.7. The fraction of sp³-hybridized carbons (Fsp3) is 0.0714. The minimum Gasteiger partial charge on any atom is -0.481 e. The van der Waals surface area contributed by atoms with Crippen LogP contribution in [0.4, 0.5) is 0 Å². The van der Waals surface area contributed by atoms with Crippen molar-refractivity contribution in [3.63, 3.8) is 0 Å². The van der Waals surface area contributed by atoms with Gasteiger partial charge >= 0.3 is 5.97 Å². The molecule has 6 nitrogen and oxygen atoms in total. The predicted octanol–water partition coefficient (Wildman–Crippen LogP) is 3.67. The zero-order valence-corrected chi connectivity index (χ0v) is 13.5. The van der Waals surface area contributed by atoms with Gasteiger partial charge in [-0.1, -0.05) is 39.8 Å². The maximum atomic E-state index is 10.5. The van der Waals surface area contributed by atoms with Crippen LogP contribution in [0.25, 0.3) is 22.9 Å². The molecule has 0 fully saturated rings. The summed E-state index contributed by atoms with van der Waals surface area (Å²) in [6.07, 6.45) is 0. The van der Waals surface area contributed by atoms with Crippen molar-refractivity contribution in [3.05, 3.63) is 40.9 Å². The molecular weight excluding hydrogens is 370 g/mol. The first-order valence-corrected chi connectivity index (χ1v) is 8.03. The molecule has 2 N–H and O–H groups in total. The van der Waals surface area contributed by atoms with Crippen molar-refractivity contribution >= 4 is 33.7 Å². The molecule has 0 saturated heterocycles. The number of hydrogen-bond acceptors (Lipinski definition) is 5. The van der Waals surface area contributed by atoms with E-state index in [0.29, 0.717) is 16.7 Å². The minimum atomic E-state index is -0.910. The SMILES string of the molecule is O=C(O)CSc1n[nH]c(-c2ccc(-c3ccc(Br)cc3)o2)n1. The Morgan fingerprint density at radius 1 is 1.23 bits per heavy atom. The van der Waals surface area contributed by atoms with Crippen molar-refractivity contribution in [3.8, 4) is 22.9 Å². The fourth-order valence-corrected chi connectivity index (χ4v) is 2.56. The Morgan fingerprint density at radius 2 is 1.95 bits per heavy atom. The van der Waals surface area contributed by atoms with Crippen LogP contribution >= 0.6 is 27.7 Å². The predicted molar refractivity (Wildman–Crippen MR) is 85.6 cm³/mol. The second kappa shape index (κ2) is 6.37. The zero-order valence-electron chi connectivity index (χ0n) is 11.1. The van der Waals surface area contributed by atoms with E-state index >= 15 is 0 Å². The number of rotatable bonds is 5. The van der Waals surface area contributed by atoms with Crippen LogP contribution in [0, 0.1) is 0 Å². The first kappa shape index (κ1) is 14.9. The lowest BCUT2D eigenvalue weighted by Crippen LogP contribution is -1.97. The number of halogens is 1. The van der Waals surface area contributed by atoms with Crippen LogP contribution in [0.2, 0.25) is 0 Å². The van der Waals surface area contributed by atoms with Crippen molar-refractivity contribution in [1.29, 1.82) is 0 Å². The molecular formula is C14H10BrN3O3S. The summed E-state index contributed by atoms with van der Waals surface area (Å²) >= 11 is 4.44. The molecule has 2 heterocycles. The first-order chi connectivity index (χ1) is 10.6. The fourth-order valence-electron chi connectivity index (χ4n) is 1.78. The zero-order chi connectivity index (χ0) is 15.5. The Hall–Kier alpha value is -2.06. The van der Waals surface area contributed by atoms with Crippen LogP contribution in [0.1, 0.15) is 0 Å². The molecule has 0 aliphatic heterocycles. The second-order valence-electron chi connectivity index (χ2n) is 4.32. The van der Waals surface area contributed by atoms with E-state index in [2.05, 4.69) is 31.1 Å². The minimum absolute atomic E-state index is 0.0837. The third-order valence-electron chi connectivity index (χ3n) is 2.76. The van der Waals surface area contributed by atoms with Gasteiger partial charge in [-0.3, -0.25) is 9.89 Å². The van der Waals surface area contributed by atoms with Gasteiger partial charge in [0.1, 0.15) is 5.76 Å². The summed E-state index contributed by atoms with van der Waals surface area (Å²) in [6, 6.07) is 11.4. The summed E-state index contributed by atoms with van der Waals surface area (Å²) in [4.78, 5) is 14.7. The van der Waals surface area contributed by atoms with Crippen LogP contribution in [-0.4, -0.2) is 32.0 Å². The number of aromatic amines is 1. The molecule has 0 amide bonds. The van der Waals surface area contributed by atoms with Gasteiger partial charge in [-0.25, -0.2) is 0 Å². The van der Waals surface area contributed by atoms with E-state index in [1.54, 1.807) is 6.07 Å². The molecule has 0 saturated carbocycles. The Bertz CT molecular complexity index is 798. The Morgan fingerprint density at radius 3 is 2.68 bits per heavy atom. The second-order valence-corrected chi connectivity index (χ2v) is 6.18. The van der Waals surface area contributed by atoms with Crippen LogP contribution in [0.5, 0.6) is 0 Å².